The molecule has 0 spiro atoms. The van der Waals surface area contributed by atoms with Gasteiger partial charge in [-0.15, -0.1) is 0 Å². The van der Waals surface area contributed by atoms with Gasteiger partial charge in [-0.25, -0.2) is 0 Å². The summed E-state index contributed by atoms with van der Waals surface area (Å²) in [4.78, 5) is 0. The average Bonchev–Trinajstić information content (AvgIpc) is 2.05. The third-order valence-corrected chi connectivity index (χ3v) is 1.49. The van der Waals surface area contributed by atoms with Crippen molar-refractivity contribution in [1.82, 2.24) is 0 Å². The number of aliphatic hydroxyl groups excluding tert-OH is 1. The number of aryl methyl sites for hydroxylation is 1. The van der Waals surface area contributed by atoms with Gasteiger partial charge in [0, 0.05) is 13.0 Å². The highest BCUT2D eigenvalue weighted by Gasteiger charge is 1.92. The molecule has 0 saturated carbocycles. The lowest BCUT2D eigenvalue weighted by Gasteiger charge is -2.04. The third-order valence-electron chi connectivity index (χ3n) is 1.49. The maximum atomic E-state index is 8.51. The summed E-state index contributed by atoms with van der Waals surface area (Å²) in [6.07, 6.45) is 0.678. The second kappa shape index (κ2) is 4.78. The summed E-state index contributed by atoms with van der Waals surface area (Å²) < 4.78 is 5.35. The van der Waals surface area contributed by atoms with E-state index in [0.717, 1.165) is 11.3 Å². The zero-order valence-electron chi connectivity index (χ0n) is 7.21. The van der Waals surface area contributed by atoms with Crippen molar-refractivity contribution in [3.63, 3.8) is 0 Å². The van der Waals surface area contributed by atoms with Crippen molar-refractivity contribution in [1.29, 1.82) is 0 Å². The van der Waals surface area contributed by atoms with Crippen molar-refractivity contribution in [3.05, 3.63) is 29.8 Å². The fourth-order valence-electron chi connectivity index (χ4n) is 0.903. The van der Waals surface area contributed by atoms with E-state index < -0.39 is 0 Å². The van der Waals surface area contributed by atoms with Crippen molar-refractivity contribution in [2.45, 2.75) is 13.3 Å². The molecule has 0 atom stereocenters. The molecule has 0 aromatic heterocycles. The Balaban J connectivity index is 2.41. The molecule has 1 radical (unpaired) electrons. The first-order valence-corrected chi connectivity index (χ1v) is 4.05. The van der Waals surface area contributed by atoms with Crippen LogP contribution in [0.5, 0.6) is 5.75 Å². The van der Waals surface area contributed by atoms with Crippen LogP contribution >= 0.6 is 0 Å². The van der Waals surface area contributed by atoms with Crippen molar-refractivity contribution in [2.24, 2.45) is 0 Å². The zero-order chi connectivity index (χ0) is 8.81. The topological polar surface area (TPSA) is 29.5 Å². The van der Waals surface area contributed by atoms with E-state index in [9.17, 15) is 0 Å². The standard InChI is InChI=1S/C10H13O2/c1-9-4-2-5-10(8-9)12-7-3-6-11/h2,5,8,11H,3,6-7H2,1H3. The van der Waals surface area contributed by atoms with E-state index in [-0.39, 0.29) is 6.61 Å². The predicted octanol–water partition coefficient (Wildman–Crippen LogP) is 1.56. The lowest BCUT2D eigenvalue weighted by molar-refractivity contribution is 0.233. The molecule has 0 fully saturated rings. The lowest BCUT2D eigenvalue weighted by atomic mass is 10.2. The summed E-state index contributed by atoms with van der Waals surface area (Å²) in [5, 5.41) is 8.51. The molecule has 1 aromatic rings. The summed E-state index contributed by atoms with van der Waals surface area (Å²) in [5.74, 6) is 0.847. The summed E-state index contributed by atoms with van der Waals surface area (Å²) in [7, 11) is 0. The number of hydrogen-bond donors (Lipinski definition) is 1. The van der Waals surface area contributed by atoms with E-state index in [0.29, 0.717) is 13.0 Å². The predicted molar refractivity (Wildman–Crippen MR) is 47.2 cm³/mol. The molecule has 1 aromatic carbocycles. The van der Waals surface area contributed by atoms with Gasteiger partial charge in [0.2, 0.25) is 0 Å². The number of hydrogen-bond acceptors (Lipinski definition) is 2. The van der Waals surface area contributed by atoms with Crippen LogP contribution in [0.15, 0.2) is 18.2 Å². The van der Waals surface area contributed by atoms with Crippen molar-refractivity contribution in [3.8, 4) is 5.75 Å². The fourth-order valence-corrected chi connectivity index (χ4v) is 0.903. The molecular weight excluding hydrogens is 152 g/mol. The zero-order valence-corrected chi connectivity index (χ0v) is 7.21. The van der Waals surface area contributed by atoms with Gasteiger partial charge in [0.15, 0.2) is 0 Å². The Morgan fingerprint density at radius 1 is 1.58 bits per heavy atom. The Morgan fingerprint density at radius 2 is 2.42 bits per heavy atom. The van der Waals surface area contributed by atoms with Crippen LogP contribution in [0.25, 0.3) is 0 Å². The van der Waals surface area contributed by atoms with E-state index in [2.05, 4.69) is 6.07 Å². The molecule has 0 aliphatic heterocycles. The first kappa shape index (κ1) is 9.07. The van der Waals surface area contributed by atoms with Gasteiger partial charge in [0.1, 0.15) is 5.75 Å². The van der Waals surface area contributed by atoms with Gasteiger partial charge < -0.3 is 9.84 Å². The van der Waals surface area contributed by atoms with Gasteiger partial charge in [-0.2, -0.15) is 0 Å². The smallest absolute Gasteiger partial charge is 0.119 e. The first-order valence-electron chi connectivity index (χ1n) is 4.05. The molecule has 65 valence electrons. The number of aliphatic hydroxyl groups is 1. The molecule has 1 N–H and O–H groups in total. The molecular formula is C10H13O2. The van der Waals surface area contributed by atoms with E-state index in [1.807, 2.05) is 25.1 Å². The van der Waals surface area contributed by atoms with Crippen LogP contribution in [0.1, 0.15) is 12.0 Å². The van der Waals surface area contributed by atoms with Crippen LogP contribution in [0.2, 0.25) is 0 Å². The molecule has 0 heterocycles. The van der Waals surface area contributed by atoms with E-state index in [1.165, 1.54) is 0 Å². The van der Waals surface area contributed by atoms with Crippen LogP contribution < -0.4 is 4.74 Å². The normalized spacial score (nSPS) is 9.83. The highest BCUT2D eigenvalue weighted by Crippen LogP contribution is 2.11. The first-order chi connectivity index (χ1) is 5.83. The van der Waals surface area contributed by atoms with Crippen LogP contribution in [0, 0.1) is 13.0 Å². The Bertz CT molecular complexity index is 233. The van der Waals surface area contributed by atoms with Crippen LogP contribution in [-0.4, -0.2) is 18.3 Å². The fraction of sp³-hybridized carbons (Fsp3) is 0.400. The summed E-state index contributed by atoms with van der Waals surface area (Å²) in [5.41, 5.74) is 1.07. The van der Waals surface area contributed by atoms with Crippen molar-refractivity contribution in [2.75, 3.05) is 13.2 Å². The van der Waals surface area contributed by atoms with Crippen LogP contribution in [0.4, 0.5) is 0 Å². The molecule has 0 unspecified atom stereocenters. The average molecular weight is 165 g/mol. The second-order valence-electron chi connectivity index (χ2n) is 2.63. The van der Waals surface area contributed by atoms with Crippen molar-refractivity contribution >= 4 is 0 Å². The molecule has 12 heavy (non-hydrogen) atoms. The number of rotatable bonds is 4. The van der Waals surface area contributed by atoms with Gasteiger partial charge in [-0.3, -0.25) is 0 Å². The number of benzene rings is 1. The van der Waals surface area contributed by atoms with Crippen molar-refractivity contribution < 1.29 is 9.84 Å². The minimum Gasteiger partial charge on any atom is -0.493 e. The monoisotopic (exact) mass is 165 g/mol. The van der Waals surface area contributed by atoms with E-state index in [4.69, 9.17) is 9.84 Å². The Hall–Kier alpha value is -1.02. The van der Waals surface area contributed by atoms with Gasteiger partial charge in [-0.1, -0.05) is 6.07 Å². The quantitative estimate of drug-likeness (QED) is 0.686. The van der Waals surface area contributed by atoms with Gasteiger partial charge >= 0.3 is 0 Å². The molecule has 1 rings (SSSR count). The third kappa shape index (κ3) is 2.93. The van der Waals surface area contributed by atoms with Gasteiger partial charge in [0.25, 0.3) is 0 Å². The van der Waals surface area contributed by atoms with E-state index >= 15 is 0 Å². The highest BCUT2D eigenvalue weighted by molar-refractivity contribution is 5.26. The summed E-state index contributed by atoms with van der Waals surface area (Å²) in [6, 6.07) is 8.66. The SMILES string of the molecule is Cc1[c]ccc(OCCCO)c1. The van der Waals surface area contributed by atoms with E-state index in [1.54, 1.807) is 0 Å². The lowest BCUT2D eigenvalue weighted by Crippen LogP contribution is -1.99. The molecule has 0 aliphatic rings. The van der Waals surface area contributed by atoms with Crippen LogP contribution in [0.3, 0.4) is 0 Å². The minimum absolute atomic E-state index is 0.179. The van der Waals surface area contributed by atoms with Gasteiger partial charge in [-0.05, 0) is 30.7 Å². The minimum atomic E-state index is 0.179. The Morgan fingerprint density at radius 3 is 3.08 bits per heavy atom. The highest BCUT2D eigenvalue weighted by atomic mass is 16.5. The molecule has 2 nitrogen and oxygen atoms in total. The van der Waals surface area contributed by atoms with Gasteiger partial charge in [0.05, 0.1) is 6.61 Å². The Kier molecular flexibility index (Phi) is 3.61. The summed E-state index contributed by atoms with van der Waals surface area (Å²) in [6.45, 7) is 2.72. The molecule has 0 bridgehead atoms. The number of ether oxygens (including phenoxy) is 1. The molecule has 0 saturated heterocycles. The molecule has 2 heteroatoms. The second-order valence-corrected chi connectivity index (χ2v) is 2.63. The van der Waals surface area contributed by atoms with Crippen LogP contribution in [-0.2, 0) is 0 Å². The maximum Gasteiger partial charge on any atom is 0.119 e. The molecule has 0 aliphatic carbocycles. The maximum absolute atomic E-state index is 8.51. The summed E-state index contributed by atoms with van der Waals surface area (Å²) >= 11 is 0. The Labute approximate surface area is 72.8 Å². The molecule has 0 amide bonds. The largest absolute Gasteiger partial charge is 0.493 e.